The van der Waals surface area contributed by atoms with Crippen molar-refractivity contribution < 1.29 is 9.53 Å². The maximum absolute atomic E-state index is 12.7. The lowest BCUT2D eigenvalue weighted by Crippen LogP contribution is -2.34. The van der Waals surface area contributed by atoms with E-state index >= 15 is 0 Å². The first-order chi connectivity index (χ1) is 12.2. The van der Waals surface area contributed by atoms with Crippen LogP contribution in [0.2, 0.25) is 0 Å². The van der Waals surface area contributed by atoms with Crippen molar-refractivity contribution in [3.63, 3.8) is 0 Å². The highest BCUT2D eigenvalue weighted by molar-refractivity contribution is 5.89. The Morgan fingerprint density at radius 3 is 2.48 bits per heavy atom. The number of ether oxygens (including phenoxy) is 1. The maximum Gasteiger partial charge on any atom is 0.322 e. The number of carbonyl (C=O) groups is 1. The molecule has 6 heteroatoms. The largest absolute Gasteiger partial charge is 0.497 e. The number of H-pyrrole nitrogens is 1. The number of aromatic nitrogens is 2. The highest BCUT2D eigenvalue weighted by atomic mass is 16.5. The number of rotatable bonds is 6. The van der Waals surface area contributed by atoms with Crippen LogP contribution in [0.3, 0.4) is 0 Å². The summed E-state index contributed by atoms with van der Waals surface area (Å²) in [6, 6.07) is 18.8. The van der Waals surface area contributed by atoms with Gasteiger partial charge in [-0.1, -0.05) is 30.3 Å². The Morgan fingerprint density at radius 2 is 1.84 bits per heavy atom. The van der Waals surface area contributed by atoms with Crippen LogP contribution in [0.1, 0.15) is 11.3 Å². The molecule has 0 atom stereocenters. The molecule has 0 fully saturated rings. The zero-order chi connectivity index (χ0) is 17.5. The van der Waals surface area contributed by atoms with Crippen molar-refractivity contribution in [3.05, 3.63) is 78.1 Å². The Hall–Kier alpha value is -3.28. The molecule has 0 bridgehead atoms. The van der Waals surface area contributed by atoms with Crippen LogP contribution in [-0.4, -0.2) is 28.2 Å². The molecule has 0 saturated carbocycles. The second-order valence-corrected chi connectivity index (χ2v) is 5.58. The number of hydrogen-bond donors (Lipinski definition) is 2. The minimum absolute atomic E-state index is 0.177. The average Bonchev–Trinajstić information content (AvgIpc) is 3.16. The third-order valence-corrected chi connectivity index (χ3v) is 3.76. The molecule has 0 aliphatic carbocycles. The van der Waals surface area contributed by atoms with Crippen LogP contribution in [0.5, 0.6) is 5.75 Å². The number of nitrogens with one attached hydrogen (secondary N) is 2. The van der Waals surface area contributed by atoms with Gasteiger partial charge in [-0.15, -0.1) is 0 Å². The molecule has 1 aromatic heterocycles. The zero-order valence-electron chi connectivity index (χ0n) is 14.0. The summed E-state index contributed by atoms with van der Waals surface area (Å²) in [5.41, 5.74) is 2.65. The number of methoxy groups -OCH3 is 1. The van der Waals surface area contributed by atoms with E-state index < -0.39 is 0 Å². The lowest BCUT2D eigenvalue weighted by atomic mass is 10.2. The van der Waals surface area contributed by atoms with E-state index in [1.807, 2.05) is 60.7 Å². The van der Waals surface area contributed by atoms with Crippen molar-refractivity contribution in [2.24, 2.45) is 0 Å². The van der Waals surface area contributed by atoms with Crippen molar-refractivity contribution in [1.82, 2.24) is 15.1 Å². The molecule has 2 N–H and O–H groups in total. The van der Waals surface area contributed by atoms with Gasteiger partial charge in [0.25, 0.3) is 0 Å². The minimum Gasteiger partial charge on any atom is -0.497 e. The van der Waals surface area contributed by atoms with Crippen LogP contribution >= 0.6 is 0 Å². The summed E-state index contributed by atoms with van der Waals surface area (Å²) >= 11 is 0. The van der Waals surface area contributed by atoms with E-state index in [2.05, 4.69) is 15.5 Å². The molecule has 2 amide bonds. The van der Waals surface area contributed by atoms with Crippen LogP contribution < -0.4 is 10.1 Å². The number of aromatic amines is 1. The Bertz CT molecular complexity index is 786. The van der Waals surface area contributed by atoms with Gasteiger partial charge in [0, 0.05) is 18.4 Å². The molecule has 0 aliphatic rings. The second kappa shape index (κ2) is 8.01. The van der Waals surface area contributed by atoms with Gasteiger partial charge in [0.2, 0.25) is 0 Å². The first-order valence-corrected chi connectivity index (χ1v) is 7.97. The van der Waals surface area contributed by atoms with Crippen molar-refractivity contribution in [2.75, 3.05) is 12.4 Å². The molecule has 128 valence electrons. The molecule has 0 spiro atoms. The van der Waals surface area contributed by atoms with Crippen LogP contribution in [-0.2, 0) is 13.1 Å². The fraction of sp³-hybridized carbons (Fsp3) is 0.158. The third-order valence-electron chi connectivity index (χ3n) is 3.76. The predicted octanol–water partition coefficient (Wildman–Crippen LogP) is 3.65. The zero-order valence-corrected chi connectivity index (χ0v) is 14.0. The normalized spacial score (nSPS) is 10.3. The summed E-state index contributed by atoms with van der Waals surface area (Å²) in [6.45, 7) is 0.943. The SMILES string of the molecule is COc1ccc(NC(=O)N(Cc2ccccc2)Cc2ccn[nH]2)cc1. The van der Waals surface area contributed by atoms with E-state index in [0.29, 0.717) is 18.8 Å². The number of carbonyl (C=O) groups excluding carboxylic acids is 1. The molecule has 2 aromatic carbocycles. The molecule has 3 rings (SSSR count). The summed E-state index contributed by atoms with van der Waals surface area (Å²) in [5, 5.41) is 9.77. The Morgan fingerprint density at radius 1 is 1.08 bits per heavy atom. The quantitative estimate of drug-likeness (QED) is 0.722. The summed E-state index contributed by atoms with van der Waals surface area (Å²) in [5.74, 6) is 0.747. The van der Waals surface area contributed by atoms with E-state index in [0.717, 1.165) is 17.0 Å². The summed E-state index contributed by atoms with van der Waals surface area (Å²) in [6.07, 6.45) is 1.68. The summed E-state index contributed by atoms with van der Waals surface area (Å²) in [4.78, 5) is 14.5. The average molecular weight is 336 g/mol. The summed E-state index contributed by atoms with van der Waals surface area (Å²) in [7, 11) is 1.61. The van der Waals surface area contributed by atoms with Gasteiger partial charge in [-0.05, 0) is 35.9 Å². The fourth-order valence-electron chi connectivity index (χ4n) is 2.46. The van der Waals surface area contributed by atoms with Gasteiger partial charge in [-0.2, -0.15) is 5.10 Å². The monoisotopic (exact) mass is 336 g/mol. The number of hydrogen-bond acceptors (Lipinski definition) is 3. The van der Waals surface area contributed by atoms with Crippen LogP contribution in [0, 0.1) is 0 Å². The highest BCUT2D eigenvalue weighted by Gasteiger charge is 2.15. The van der Waals surface area contributed by atoms with E-state index in [1.165, 1.54) is 0 Å². The number of anilines is 1. The van der Waals surface area contributed by atoms with Gasteiger partial charge >= 0.3 is 6.03 Å². The molecule has 25 heavy (non-hydrogen) atoms. The molecule has 0 aliphatic heterocycles. The van der Waals surface area contributed by atoms with Gasteiger partial charge in [0.15, 0.2) is 0 Å². The first-order valence-electron chi connectivity index (χ1n) is 7.97. The van der Waals surface area contributed by atoms with Crippen LogP contribution in [0.25, 0.3) is 0 Å². The van der Waals surface area contributed by atoms with Crippen molar-refractivity contribution >= 4 is 11.7 Å². The van der Waals surface area contributed by atoms with Gasteiger partial charge in [0.05, 0.1) is 19.3 Å². The fourth-order valence-corrected chi connectivity index (χ4v) is 2.46. The van der Waals surface area contributed by atoms with Crippen molar-refractivity contribution in [1.29, 1.82) is 0 Å². The topological polar surface area (TPSA) is 70.2 Å². The van der Waals surface area contributed by atoms with Crippen molar-refractivity contribution in [2.45, 2.75) is 13.1 Å². The number of nitrogens with zero attached hydrogens (tertiary/aromatic N) is 2. The molecular weight excluding hydrogens is 316 g/mol. The van der Waals surface area contributed by atoms with Gasteiger partial charge in [-0.3, -0.25) is 5.10 Å². The molecule has 0 radical (unpaired) electrons. The maximum atomic E-state index is 12.7. The van der Waals surface area contributed by atoms with E-state index in [-0.39, 0.29) is 6.03 Å². The standard InChI is InChI=1S/C19H20N4O2/c1-25-18-9-7-16(8-10-18)21-19(24)23(14-17-11-12-20-22-17)13-15-5-3-2-4-6-15/h2-12H,13-14H2,1H3,(H,20,22)(H,21,24). The number of benzene rings is 2. The molecule has 0 unspecified atom stereocenters. The van der Waals surface area contributed by atoms with Crippen LogP contribution in [0.4, 0.5) is 10.5 Å². The van der Waals surface area contributed by atoms with Gasteiger partial charge < -0.3 is 15.0 Å². The highest BCUT2D eigenvalue weighted by Crippen LogP contribution is 2.17. The molecule has 6 nitrogen and oxygen atoms in total. The molecule has 0 saturated heterocycles. The van der Waals surface area contributed by atoms with Crippen molar-refractivity contribution in [3.8, 4) is 5.75 Å². The predicted molar refractivity (Wildman–Crippen MR) is 96.3 cm³/mol. The number of urea groups is 1. The molecule has 1 heterocycles. The number of amides is 2. The minimum atomic E-state index is -0.177. The molecular formula is C19H20N4O2. The van der Waals surface area contributed by atoms with E-state index in [1.54, 1.807) is 18.2 Å². The van der Waals surface area contributed by atoms with Gasteiger partial charge in [-0.25, -0.2) is 4.79 Å². The van der Waals surface area contributed by atoms with E-state index in [4.69, 9.17) is 4.74 Å². The smallest absolute Gasteiger partial charge is 0.322 e. The summed E-state index contributed by atoms with van der Waals surface area (Å²) < 4.78 is 5.14. The third kappa shape index (κ3) is 4.60. The lowest BCUT2D eigenvalue weighted by Gasteiger charge is -2.22. The second-order valence-electron chi connectivity index (χ2n) is 5.58. The molecule has 3 aromatic rings. The lowest BCUT2D eigenvalue weighted by molar-refractivity contribution is 0.205. The van der Waals surface area contributed by atoms with Crippen LogP contribution in [0.15, 0.2) is 66.9 Å². The Kier molecular flexibility index (Phi) is 5.31. The van der Waals surface area contributed by atoms with E-state index in [9.17, 15) is 4.79 Å². The van der Waals surface area contributed by atoms with Gasteiger partial charge in [0.1, 0.15) is 5.75 Å². The Balaban J connectivity index is 1.73. The first kappa shape index (κ1) is 16.6. The Labute approximate surface area is 146 Å².